The van der Waals surface area contributed by atoms with Gasteiger partial charge in [-0.1, -0.05) is 13.8 Å². The Balaban J connectivity index is 2.04. The lowest BCUT2D eigenvalue weighted by Crippen LogP contribution is -2.47. The average molecular weight is 270 g/mol. The lowest BCUT2D eigenvalue weighted by molar-refractivity contribution is -0.123. The molecule has 1 aliphatic heterocycles. The van der Waals surface area contributed by atoms with Gasteiger partial charge in [-0.2, -0.15) is 0 Å². The van der Waals surface area contributed by atoms with E-state index in [0.717, 1.165) is 26.2 Å². The van der Waals surface area contributed by atoms with Crippen molar-refractivity contribution < 1.29 is 9.59 Å². The van der Waals surface area contributed by atoms with Crippen molar-refractivity contribution in [3.63, 3.8) is 0 Å². The molecule has 3 N–H and O–H groups in total. The molecule has 0 radical (unpaired) electrons. The number of rotatable bonds is 7. The van der Waals surface area contributed by atoms with Gasteiger partial charge in [0.1, 0.15) is 0 Å². The minimum atomic E-state index is -0.00354. The van der Waals surface area contributed by atoms with Crippen molar-refractivity contribution in [2.45, 2.75) is 20.3 Å². The van der Waals surface area contributed by atoms with Crippen LogP contribution in [0.2, 0.25) is 0 Å². The molecular formula is C13H26N4O2. The number of hydrogen-bond donors (Lipinski definition) is 3. The van der Waals surface area contributed by atoms with Gasteiger partial charge in [0.15, 0.2) is 0 Å². The Bertz CT molecular complexity index is 288. The van der Waals surface area contributed by atoms with Crippen LogP contribution in [0.1, 0.15) is 20.3 Å². The number of hydrogen-bond acceptors (Lipinski definition) is 4. The quantitative estimate of drug-likeness (QED) is 0.564. The fraction of sp³-hybridized carbons (Fsp3) is 0.846. The first-order valence-electron chi connectivity index (χ1n) is 7.04. The molecule has 6 nitrogen and oxygen atoms in total. The van der Waals surface area contributed by atoms with Crippen LogP contribution in [-0.2, 0) is 9.59 Å². The van der Waals surface area contributed by atoms with E-state index in [1.165, 1.54) is 0 Å². The zero-order valence-corrected chi connectivity index (χ0v) is 12.0. The summed E-state index contributed by atoms with van der Waals surface area (Å²) in [5.41, 5.74) is 0. The number of piperazine rings is 1. The molecule has 0 bridgehead atoms. The number of nitrogens with one attached hydrogen (secondary N) is 3. The van der Waals surface area contributed by atoms with E-state index in [2.05, 4.69) is 34.7 Å². The van der Waals surface area contributed by atoms with Gasteiger partial charge >= 0.3 is 0 Å². The highest BCUT2D eigenvalue weighted by Gasteiger charge is 2.13. The van der Waals surface area contributed by atoms with Gasteiger partial charge in [-0.3, -0.25) is 14.5 Å². The van der Waals surface area contributed by atoms with Crippen molar-refractivity contribution in [3.05, 3.63) is 0 Å². The molecule has 0 atom stereocenters. The Labute approximate surface area is 115 Å². The van der Waals surface area contributed by atoms with Crippen LogP contribution in [0.15, 0.2) is 0 Å². The molecule has 0 aromatic carbocycles. The van der Waals surface area contributed by atoms with Crippen LogP contribution in [0.4, 0.5) is 0 Å². The highest BCUT2D eigenvalue weighted by Crippen LogP contribution is 1.91. The molecule has 2 amide bonds. The van der Waals surface area contributed by atoms with Gasteiger partial charge in [-0.15, -0.1) is 0 Å². The van der Waals surface area contributed by atoms with Gasteiger partial charge in [0, 0.05) is 45.7 Å². The summed E-state index contributed by atoms with van der Waals surface area (Å²) in [6.07, 6.45) is 0.347. The third kappa shape index (κ3) is 7.79. The molecular weight excluding hydrogens is 244 g/mol. The molecule has 1 rings (SSSR count). The predicted molar refractivity (Wildman–Crippen MR) is 74.8 cm³/mol. The SMILES string of the molecule is CC(C)CNC(=O)CCNC(=O)CN1CCNCC1. The van der Waals surface area contributed by atoms with E-state index < -0.39 is 0 Å². The standard InChI is InChI=1S/C13H26N4O2/c1-11(2)9-16-12(18)3-4-15-13(19)10-17-7-5-14-6-8-17/h11,14H,3-10H2,1-2H3,(H,15,19)(H,16,18). The maximum absolute atomic E-state index is 11.7. The normalized spacial score (nSPS) is 16.4. The van der Waals surface area contributed by atoms with E-state index in [9.17, 15) is 9.59 Å². The van der Waals surface area contributed by atoms with Crippen LogP contribution in [0.5, 0.6) is 0 Å². The zero-order chi connectivity index (χ0) is 14.1. The molecule has 110 valence electrons. The van der Waals surface area contributed by atoms with Crippen molar-refractivity contribution >= 4 is 11.8 Å². The second kappa shape index (κ2) is 8.87. The molecule has 19 heavy (non-hydrogen) atoms. The molecule has 1 saturated heterocycles. The summed E-state index contributed by atoms with van der Waals surface area (Å²) in [6.45, 7) is 9.31. The summed E-state index contributed by atoms with van der Waals surface area (Å²) in [5.74, 6) is 0.445. The molecule has 1 heterocycles. The van der Waals surface area contributed by atoms with Gasteiger partial charge in [0.05, 0.1) is 6.54 Å². The first-order chi connectivity index (χ1) is 9.08. The van der Waals surface area contributed by atoms with Gasteiger partial charge in [-0.05, 0) is 5.92 Å². The molecule has 1 aliphatic rings. The maximum atomic E-state index is 11.7. The minimum Gasteiger partial charge on any atom is -0.356 e. The van der Waals surface area contributed by atoms with Crippen LogP contribution >= 0.6 is 0 Å². The van der Waals surface area contributed by atoms with Crippen LogP contribution in [0.25, 0.3) is 0 Å². The third-order valence-electron chi connectivity index (χ3n) is 2.96. The molecule has 0 saturated carbocycles. The summed E-state index contributed by atoms with van der Waals surface area (Å²) >= 11 is 0. The van der Waals surface area contributed by atoms with E-state index in [1.54, 1.807) is 0 Å². The molecule has 1 fully saturated rings. The van der Waals surface area contributed by atoms with E-state index in [0.29, 0.717) is 32.0 Å². The van der Waals surface area contributed by atoms with Crippen LogP contribution in [0.3, 0.4) is 0 Å². The summed E-state index contributed by atoms with van der Waals surface area (Å²) in [5, 5.41) is 8.86. The molecule has 0 aromatic heterocycles. The Hall–Kier alpha value is -1.14. The van der Waals surface area contributed by atoms with Gasteiger partial charge < -0.3 is 16.0 Å². The van der Waals surface area contributed by atoms with E-state index in [4.69, 9.17) is 0 Å². The zero-order valence-electron chi connectivity index (χ0n) is 12.0. The largest absolute Gasteiger partial charge is 0.356 e. The number of nitrogens with zero attached hydrogens (tertiary/aromatic N) is 1. The summed E-state index contributed by atoms with van der Waals surface area (Å²) in [7, 11) is 0. The topological polar surface area (TPSA) is 73.5 Å². The Morgan fingerprint density at radius 3 is 2.47 bits per heavy atom. The molecule has 0 unspecified atom stereocenters. The molecule has 6 heteroatoms. The predicted octanol–water partition coefficient (Wildman–Crippen LogP) is -0.830. The fourth-order valence-corrected chi connectivity index (χ4v) is 1.85. The highest BCUT2D eigenvalue weighted by molar-refractivity contribution is 5.80. The number of amides is 2. The first-order valence-corrected chi connectivity index (χ1v) is 7.04. The number of carbonyl (C=O) groups is 2. The van der Waals surface area contributed by atoms with Crippen LogP contribution < -0.4 is 16.0 Å². The van der Waals surface area contributed by atoms with Crippen molar-refractivity contribution in [1.82, 2.24) is 20.9 Å². The van der Waals surface area contributed by atoms with E-state index in [-0.39, 0.29) is 11.8 Å². The molecule has 0 spiro atoms. The molecule has 0 aliphatic carbocycles. The Morgan fingerprint density at radius 2 is 1.84 bits per heavy atom. The van der Waals surface area contributed by atoms with Crippen molar-refractivity contribution in [2.75, 3.05) is 45.8 Å². The Kier molecular flexibility index (Phi) is 7.43. The highest BCUT2D eigenvalue weighted by atomic mass is 16.2. The third-order valence-corrected chi connectivity index (χ3v) is 2.96. The first kappa shape index (κ1) is 15.9. The summed E-state index contributed by atoms with van der Waals surface area (Å²) < 4.78 is 0. The second-order valence-electron chi connectivity index (χ2n) is 5.32. The van der Waals surface area contributed by atoms with Gasteiger partial charge in [-0.25, -0.2) is 0 Å². The lowest BCUT2D eigenvalue weighted by Gasteiger charge is -2.26. The van der Waals surface area contributed by atoms with E-state index >= 15 is 0 Å². The van der Waals surface area contributed by atoms with Crippen molar-refractivity contribution in [2.24, 2.45) is 5.92 Å². The summed E-state index contributed by atoms with van der Waals surface area (Å²) in [6, 6.07) is 0. The van der Waals surface area contributed by atoms with E-state index in [1.807, 2.05) is 0 Å². The Morgan fingerprint density at radius 1 is 1.16 bits per heavy atom. The van der Waals surface area contributed by atoms with Gasteiger partial charge in [0.25, 0.3) is 0 Å². The number of carbonyl (C=O) groups excluding carboxylic acids is 2. The lowest BCUT2D eigenvalue weighted by atomic mass is 10.2. The van der Waals surface area contributed by atoms with Crippen molar-refractivity contribution in [1.29, 1.82) is 0 Å². The van der Waals surface area contributed by atoms with Crippen LogP contribution in [0, 0.1) is 5.92 Å². The monoisotopic (exact) mass is 270 g/mol. The minimum absolute atomic E-state index is 0.00133. The van der Waals surface area contributed by atoms with Crippen molar-refractivity contribution in [3.8, 4) is 0 Å². The maximum Gasteiger partial charge on any atom is 0.234 e. The van der Waals surface area contributed by atoms with Gasteiger partial charge in [0.2, 0.25) is 11.8 Å². The second-order valence-corrected chi connectivity index (χ2v) is 5.32. The summed E-state index contributed by atoms with van der Waals surface area (Å²) in [4.78, 5) is 25.2. The smallest absolute Gasteiger partial charge is 0.234 e. The van der Waals surface area contributed by atoms with Crippen LogP contribution in [-0.4, -0.2) is 62.5 Å². The molecule has 0 aromatic rings. The average Bonchev–Trinajstić information content (AvgIpc) is 2.37. The fourth-order valence-electron chi connectivity index (χ4n) is 1.85.